The minimum Gasteiger partial charge on any atom is -0.350 e. The van der Waals surface area contributed by atoms with Gasteiger partial charge in [0.25, 0.3) is 0 Å². The highest BCUT2D eigenvalue weighted by Gasteiger charge is 2.31. The molecule has 4 aromatic rings. The molecule has 14 heteroatoms. The van der Waals surface area contributed by atoms with Crippen molar-refractivity contribution < 1.29 is 26.7 Å². The molecule has 41 heavy (non-hydrogen) atoms. The van der Waals surface area contributed by atoms with Crippen molar-refractivity contribution in [3.05, 3.63) is 64.8 Å². The number of imidazole rings is 1. The van der Waals surface area contributed by atoms with Crippen LogP contribution in [0.1, 0.15) is 24.8 Å². The lowest BCUT2D eigenvalue weighted by Crippen LogP contribution is -2.32. The number of nitrogens with one attached hydrogen (secondary N) is 3. The van der Waals surface area contributed by atoms with Crippen LogP contribution in [-0.2, 0) is 17.9 Å². The Labute approximate surface area is 236 Å². The molecule has 216 valence electrons. The second-order valence-electron chi connectivity index (χ2n) is 9.80. The van der Waals surface area contributed by atoms with Crippen LogP contribution in [0.3, 0.4) is 0 Å². The van der Waals surface area contributed by atoms with E-state index in [9.17, 15) is 26.7 Å². The van der Waals surface area contributed by atoms with E-state index in [1.165, 1.54) is 30.5 Å². The van der Waals surface area contributed by atoms with Gasteiger partial charge in [-0.2, -0.15) is 18.2 Å². The van der Waals surface area contributed by atoms with Crippen LogP contribution in [-0.4, -0.2) is 44.7 Å². The van der Waals surface area contributed by atoms with Crippen LogP contribution < -0.4 is 16.0 Å². The highest BCUT2D eigenvalue weighted by atomic mass is 35.5. The van der Waals surface area contributed by atoms with E-state index < -0.39 is 30.1 Å². The molecular weight excluding hydrogens is 569 g/mol. The predicted molar refractivity (Wildman–Crippen MR) is 144 cm³/mol. The van der Waals surface area contributed by atoms with Crippen LogP contribution in [0.5, 0.6) is 0 Å². The van der Waals surface area contributed by atoms with Crippen molar-refractivity contribution in [1.29, 1.82) is 0 Å². The number of aromatic nitrogens is 4. The first kappa shape index (κ1) is 28.7. The zero-order chi connectivity index (χ0) is 29.1. The number of nitrogens with zero attached hydrogens (tertiary/aromatic N) is 4. The molecule has 2 aromatic heterocycles. The van der Waals surface area contributed by atoms with E-state index in [4.69, 9.17) is 16.6 Å². The number of amides is 1. The van der Waals surface area contributed by atoms with E-state index in [2.05, 4.69) is 25.9 Å². The average Bonchev–Trinajstić information content (AvgIpc) is 3.27. The lowest BCUT2D eigenvalue weighted by molar-refractivity contribution is -0.150. The zero-order valence-corrected chi connectivity index (χ0v) is 22.3. The summed E-state index contributed by atoms with van der Waals surface area (Å²) >= 11 is 6.52. The maximum atomic E-state index is 13.6. The van der Waals surface area contributed by atoms with E-state index in [-0.39, 0.29) is 29.1 Å². The monoisotopic (exact) mass is 593 g/mol. The third kappa shape index (κ3) is 7.09. The number of rotatable bonds is 8. The van der Waals surface area contributed by atoms with E-state index in [0.717, 1.165) is 38.1 Å². The Hall–Kier alpha value is -3.84. The SMILES string of the molecule is O=C(CC(F)(F)F)Nc1ccc(Cl)c(-c2nc3cnc(NCc4ccc(F)c(F)c4)nc3n2C[C@@H]2CCCNC2)c1. The van der Waals surface area contributed by atoms with Gasteiger partial charge in [0.15, 0.2) is 17.3 Å². The molecular formula is C27H25ClF5N7O. The second-order valence-corrected chi connectivity index (χ2v) is 10.2. The lowest BCUT2D eigenvalue weighted by atomic mass is 9.99. The Morgan fingerprint density at radius 2 is 1.95 bits per heavy atom. The van der Waals surface area contributed by atoms with Crippen LogP contribution in [0.15, 0.2) is 42.6 Å². The standard InChI is InChI=1S/C27H25ClF5N7O/c28-19-5-4-17(37-23(41)10-27(31,32)33)9-18(19)24-38-22-13-36-26(35-12-15-3-6-20(29)21(30)8-15)39-25(22)40(24)14-16-2-1-7-34-11-16/h3-6,8-9,13,16,34H,1-2,7,10-12,14H2,(H,37,41)(H,35,36,39)/t16-/m1/s1. The first-order chi connectivity index (χ1) is 19.6. The maximum Gasteiger partial charge on any atom is 0.397 e. The van der Waals surface area contributed by atoms with Crippen molar-refractivity contribution in [2.75, 3.05) is 23.7 Å². The van der Waals surface area contributed by atoms with Gasteiger partial charge in [0.2, 0.25) is 11.9 Å². The average molecular weight is 594 g/mol. The molecule has 5 rings (SSSR count). The Bertz CT molecular complexity index is 1570. The van der Waals surface area contributed by atoms with Crippen LogP contribution in [0.25, 0.3) is 22.6 Å². The van der Waals surface area contributed by atoms with Crippen LogP contribution in [0.2, 0.25) is 5.02 Å². The Morgan fingerprint density at radius 1 is 1.12 bits per heavy atom. The molecule has 3 N–H and O–H groups in total. The molecule has 0 saturated carbocycles. The summed E-state index contributed by atoms with van der Waals surface area (Å²) in [5, 5.41) is 8.93. The molecule has 0 spiro atoms. The molecule has 1 atom stereocenters. The number of carbonyl (C=O) groups excluding carboxylic acids is 1. The van der Waals surface area contributed by atoms with E-state index in [1.54, 1.807) is 0 Å². The van der Waals surface area contributed by atoms with Gasteiger partial charge < -0.3 is 20.5 Å². The minimum absolute atomic E-state index is 0.136. The molecule has 1 fully saturated rings. The second kappa shape index (κ2) is 12.0. The van der Waals surface area contributed by atoms with Crippen molar-refractivity contribution in [3.63, 3.8) is 0 Å². The van der Waals surface area contributed by atoms with Crippen molar-refractivity contribution in [3.8, 4) is 11.4 Å². The largest absolute Gasteiger partial charge is 0.397 e. The Kier molecular flexibility index (Phi) is 8.36. The van der Waals surface area contributed by atoms with Crippen LogP contribution in [0.4, 0.5) is 33.6 Å². The molecule has 0 unspecified atom stereocenters. The fraction of sp³-hybridized carbons (Fsp3) is 0.333. The van der Waals surface area contributed by atoms with Gasteiger partial charge >= 0.3 is 6.18 Å². The van der Waals surface area contributed by atoms with Gasteiger partial charge in [-0.3, -0.25) is 4.79 Å². The molecule has 0 aliphatic carbocycles. The number of hydrogen-bond donors (Lipinski definition) is 3. The van der Waals surface area contributed by atoms with Gasteiger partial charge in [-0.15, -0.1) is 0 Å². The summed E-state index contributed by atoms with van der Waals surface area (Å²) in [6, 6.07) is 7.94. The van der Waals surface area contributed by atoms with E-state index in [1.807, 2.05) is 4.57 Å². The Balaban J connectivity index is 1.49. The number of anilines is 2. The fourth-order valence-corrected chi connectivity index (χ4v) is 4.91. The highest BCUT2D eigenvalue weighted by Crippen LogP contribution is 2.34. The normalized spacial score (nSPS) is 15.7. The number of fused-ring (bicyclic) bond motifs is 1. The molecule has 1 amide bonds. The number of carbonyl (C=O) groups is 1. The zero-order valence-electron chi connectivity index (χ0n) is 21.5. The number of halogens is 6. The molecule has 1 aliphatic rings. The summed E-state index contributed by atoms with van der Waals surface area (Å²) < 4.78 is 66.8. The summed E-state index contributed by atoms with van der Waals surface area (Å²) in [6.07, 6.45) is -2.80. The van der Waals surface area contributed by atoms with Crippen molar-refractivity contribution in [2.45, 2.75) is 38.5 Å². The number of piperidine rings is 1. The topological polar surface area (TPSA) is 96.8 Å². The molecule has 1 saturated heterocycles. The molecule has 0 bridgehead atoms. The third-order valence-corrected chi connectivity index (χ3v) is 6.94. The Morgan fingerprint density at radius 3 is 2.68 bits per heavy atom. The molecule has 0 radical (unpaired) electrons. The first-order valence-corrected chi connectivity index (χ1v) is 13.2. The van der Waals surface area contributed by atoms with Crippen LogP contribution >= 0.6 is 11.6 Å². The van der Waals surface area contributed by atoms with Gasteiger partial charge in [-0.05, 0) is 67.7 Å². The molecule has 2 aromatic carbocycles. The smallest absolute Gasteiger partial charge is 0.350 e. The van der Waals surface area contributed by atoms with Gasteiger partial charge in [0, 0.05) is 24.3 Å². The lowest BCUT2D eigenvalue weighted by Gasteiger charge is -2.24. The number of benzene rings is 2. The summed E-state index contributed by atoms with van der Waals surface area (Å²) in [5.74, 6) is -2.22. The van der Waals surface area contributed by atoms with Gasteiger partial charge in [0.1, 0.15) is 17.8 Å². The third-order valence-electron chi connectivity index (χ3n) is 6.61. The van der Waals surface area contributed by atoms with Crippen molar-refractivity contribution in [2.24, 2.45) is 5.92 Å². The van der Waals surface area contributed by atoms with Crippen molar-refractivity contribution in [1.82, 2.24) is 24.8 Å². The molecule has 1 aliphatic heterocycles. The highest BCUT2D eigenvalue weighted by molar-refractivity contribution is 6.33. The summed E-state index contributed by atoms with van der Waals surface area (Å²) in [5.41, 5.74) is 1.96. The van der Waals surface area contributed by atoms with Crippen LogP contribution in [0, 0.1) is 17.6 Å². The van der Waals surface area contributed by atoms with E-state index >= 15 is 0 Å². The number of hydrogen-bond acceptors (Lipinski definition) is 6. The summed E-state index contributed by atoms with van der Waals surface area (Å²) in [7, 11) is 0. The van der Waals surface area contributed by atoms with Gasteiger partial charge in [-0.25, -0.2) is 18.7 Å². The van der Waals surface area contributed by atoms with E-state index in [0.29, 0.717) is 34.7 Å². The predicted octanol–water partition coefficient (Wildman–Crippen LogP) is 5.93. The van der Waals surface area contributed by atoms with Gasteiger partial charge in [-0.1, -0.05) is 17.7 Å². The molecule has 3 heterocycles. The fourth-order valence-electron chi connectivity index (χ4n) is 4.71. The quantitative estimate of drug-likeness (QED) is 0.219. The minimum atomic E-state index is -4.64. The maximum absolute atomic E-state index is 13.6. The molecule has 8 nitrogen and oxygen atoms in total. The summed E-state index contributed by atoms with van der Waals surface area (Å²) in [4.78, 5) is 25.5. The first-order valence-electron chi connectivity index (χ1n) is 12.8. The summed E-state index contributed by atoms with van der Waals surface area (Å²) in [6.45, 7) is 2.34. The van der Waals surface area contributed by atoms with Crippen molar-refractivity contribution >= 4 is 40.3 Å². The van der Waals surface area contributed by atoms with Gasteiger partial charge in [0.05, 0.1) is 11.2 Å². The number of alkyl halides is 3.